The van der Waals surface area contributed by atoms with Crippen molar-refractivity contribution in [1.29, 1.82) is 0 Å². The molecule has 2 rings (SSSR count). The van der Waals surface area contributed by atoms with Gasteiger partial charge < -0.3 is 0 Å². The van der Waals surface area contributed by atoms with Crippen molar-refractivity contribution < 1.29 is 0 Å². The van der Waals surface area contributed by atoms with Gasteiger partial charge in [-0.1, -0.05) is 25.2 Å². The minimum atomic E-state index is -0.116. The van der Waals surface area contributed by atoms with Crippen LogP contribution in [-0.4, -0.2) is 17.6 Å². The van der Waals surface area contributed by atoms with Crippen LogP contribution in [0.15, 0.2) is 34.3 Å². The number of hydrogen-bond donors (Lipinski definition) is 0. The quantitative estimate of drug-likeness (QED) is 0.538. The van der Waals surface area contributed by atoms with Crippen LogP contribution in [0, 0.1) is 0 Å². The molecule has 0 aromatic rings. The van der Waals surface area contributed by atoms with E-state index in [1.54, 1.807) is 6.34 Å². The predicted molar refractivity (Wildman–Crippen MR) is 47.2 cm³/mol. The van der Waals surface area contributed by atoms with E-state index in [0.29, 0.717) is 0 Å². The molecular formula is C9H10N2. The normalized spacial score (nSPS) is 32.3. The van der Waals surface area contributed by atoms with Gasteiger partial charge >= 0.3 is 0 Å². The van der Waals surface area contributed by atoms with Crippen LogP contribution in [-0.2, 0) is 0 Å². The second kappa shape index (κ2) is 2.16. The Morgan fingerprint density at radius 3 is 3.09 bits per heavy atom. The van der Waals surface area contributed by atoms with Gasteiger partial charge in [-0.05, 0) is 12.5 Å². The van der Waals surface area contributed by atoms with E-state index in [0.717, 1.165) is 12.1 Å². The molecule has 2 nitrogen and oxygen atoms in total. The Kier molecular flexibility index (Phi) is 1.28. The summed E-state index contributed by atoms with van der Waals surface area (Å²) in [5.41, 5.74) is 0.955. The molecule has 2 heteroatoms. The fraction of sp³-hybridized carbons (Fsp3) is 0.333. The van der Waals surface area contributed by atoms with E-state index >= 15 is 0 Å². The summed E-state index contributed by atoms with van der Waals surface area (Å²) in [7, 11) is 0. The maximum absolute atomic E-state index is 4.34. The van der Waals surface area contributed by atoms with Crippen molar-refractivity contribution >= 4 is 12.1 Å². The number of rotatable bonds is 1. The molecule has 1 aliphatic heterocycles. The standard InChI is InChI=1S/C9H10N2/c1-2-9-6-4-3-5-8(9)10-7-11-9/h3-7H,2H2,1H3. The predicted octanol–water partition coefficient (Wildman–Crippen LogP) is 1.74. The zero-order valence-electron chi connectivity index (χ0n) is 6.49. The number of nitrogens with zero attached hydrogens (tertiary/aromatic N) is 2. The Balaban J connectivity index is 2.46. The molecule has 0 bridgehead atoms. The molecule has 0 radical (unpaired) electrons. The van der Waals surface area contributed by atoms with Gasteiger partial charge in [0.1, 0.15) is 11.9 Å². The summed E-state index contributed by atoms with van der Waals surface area (Å²) >= 11 is 0. The van der Waals surface area contributed by atoms with Gasteiger partial charge in [0.15, 0.2) is 0 Å². The molecule has 1 atom stereocenters. The van der Waals surface area contributed by atoms with Gasteiger partial charge in [0.25, 0.3) is 0 Å². The van der Waals surface area contributed by atoms with Crippen LogP contribution in [0.3, 0.4) is 0 Å². The van der Waals surface area contributed by atoms with Crippen molar-refractivity contribution in [1.82, 2.24) is 0 Å². The molecule has 0 fully saturated rings. The SMILES string of the molecule is CCC12C=CC=CC1=NC=N2. The molecule has 0 aromatic heterocycles. The van der Waals surface area contributed by atoms with Crippen molar-refractivity contribution in [2.24, 2.45) is 9.98 Å². The average Bonchev–Trinajstić information content (AvgIpc) is 2.48. The lowest BCUT2D eigenvalue weighted by Crippen LogP contribution is -2.31. The van der Waals surface area contributed by atoms with Crippen LogP contribution in [0.2, 0.25) is 0 Å². The maximum Gasteiger partial charge on any atom is 0.122 e. The first kappa shape index (κ1) is 6.53. The third kappa shape index (κ3) is 0.788. The molecule has 56 valence electrons. The summed E-state index contributed by atoms with van der Waals surface area (Å²) in [5, 5.41) is 0. The van der Waals surface area contributed by atoms with E-state index in [1.165, 1.54) is 0 Å². The van der Waals surface area contributed by atoms with E-state index < -0.39 is 0 Å². The summed E-state index contributed by atoms with van der Waals surface area (Å²) in [6, 6.07) is 0. The maximum atomic E-state index is 4.34. The van der Waals surface area contributed by atoms with Crippen molar-refractivity contribution in [3.8, 4) is 0 Å². The summed E-state index contributed by atoms with van der Waals surface area (Å²) < 4.78 is 0. The number of fused-ring (bicyclic) bond motifs is 1. The molecule has 2 aliphatic rings. The topological polar surface area (TPSA) is 24.7 Å². The monoisotopic (exact) mass is 146 g/mol. The van der Waals surface area contributed by atoms with Gasteiger partial charge in [-0.2, -0.15) is 0 Å². The lowest BCUT2D eigenvalue weighted by Gasteiger charge is -2.22. The first-order valence-electron chi connectivity index (χ1n) is 3.85. The van der Waals surface area contributed by atoms with E-state index in [9.17, 15) is 0 Å². The molecule has 0 amide bonds. The lowest BCUT2D eigenvalue weighted by molar-refractivity contribution is 0.685. The third-order valence-electron chi connectivity index (χ3n) is 2.20. The molecule has 0 saturated heterocycles. The van der Waals surface area contributed by atoms with Crippen LogP contribution in [0.1, 0.15) is 13.3 Å². The molecule has 1 unspecified atom stereocenters. The van der Waals surface area contributed by atoms with E-state index in [-0.39, 0.29) is 5.54 Å². The molecule has 11 heavy (non-hydrogen) atoms. The first-order chi connectivity index (χ1) is 5.37. The molecule has 0 N–H and O–H groups in total. The smallest absolute Gasteiger partial charge is 0.122 e. The van der Waals surface area contributed by atoms with Gasteiger partial charge in [0.2, 0.25) is 0 Å². The van der Waals surface area contributed by atoms with Crippen molar-refractivity contribution in [2.75, 3.05) is 0 Å². The Hall–Kier alpha value is -1.18. The second-order valence-corrected chi connectivity index (χ2v) is 2.75. The molecule has 1 heterocycles. The highest BCUT2D eigenvalue weighted by molar-refractivity contribution is 6.11. The highest BCUT2D eigenvalue weighted by Gasteiger charge is 2.32. The molecular weight excluding hydrogens is 136 g/mol. The molecule has 0 spiro atoms. The van der Waals surface area contributed by atoms with Gasteiger partial charge in [-0.3, -0.25) is 4.99 Å². The van der Waals surface area contributed by atoms with Crippen molar-refractivity contribution in [3.05, 3.63) is 24.3 Å². The third-order valence-corrected chi connectivity index (χ3v) is 2.20. The Labute approximate surface area is 66.1 Å². The minimum absolute atomic E-state index is 0.116. The first-order valence-corrected chi connectivity index (χ1v) is 3.85. The highest BCUT2D eigenvalue weighted by atomic mass is 15.0. The van der Waals surface area contributed by atoms with Gasteiger partial charge in [0, 0.05) is 0 Å². The number of hydrogen-bond acceptors (Lipinski definition) is 2. The van der Waals surface area contributed by atoms with Crippen LogP contribution in [0.4, 0.5) is 0 Å². The van der Waals surface area contributed by atoms with E-state index in [1.807, 2.05) is 18.2 Å². The Morgan fingerprint density at radius 1 is 1.45 bits per heavy atom. The fourth-order valence-electron chi connectivity index (χ4n) is 1.44. The van der Waals surface area contributed by atoms with E-state index in [2.05, 4.69) is 23.0 Å². The Bertz CT molecular complexity index is 284. The summed E-state index contributed by atoms with van der Waals surface area (Å²) in [4.78, 5) is 8.53. The summed E-state index contributed by atoms with van der Waals surface area (Å²) in [5.74, 6) is 0. The fourth-order valence-corrected chi connectivity index (χ4v) is 1.44. The van der Waals surface area contributed by atoms with Crippen LogP contribution in [0.25, 0.3) is 0 Å². The highest BCUT2D eigenvalue weighted by Crippen LogP contribution is 2.26. The average molecular weight is 146 g/mol. The van der Waals surface area contributed by atoms with E-state index in [4.69, 9.17) is 0 Å². The summed E-state index contributed by atoms with van der Waals surface area (Å²) in [6.07, 6.45) is 10.8. The largest absolute Gasteiger partial charge is 0.256 e. The zero-order chi connectivity index (χ0) is 7.73. The molecule has 0 aromatic carbocycles. The van der Waals surface area contributed by atoms with Gasteiger partial charge in [0.05, 0.1) is 5.71 Å². The van der Waals surface area contributed by atoms with Gasteiger partial charge in [-0.15, -0.1) is 0 Å². The van der Waals surface area contributed by atoms with Crippen molar-refractivity contribution in [2.45, 2.75) is 18.9 Å². The lowest BCUT2D eigenvalue weighted by atomic mass is 9.88. The van der Waals surface area contributed by atoms with Gasteiger partial charge in [-0.25, -0.2) is 4.99 Å². The molecule has 0 saturated carbocycles. The van der Waals surface area contributed by atoms with Crippen LogP contribution in [0.5, 0.6) is 0 Å². The minimum Gasteiger partial charge on any atom is -0.256 e. The second-order valence-electron chi connectivity index (χ2n) is 2.75. The van der Waals surface area contributed by atoms with Crippen LogP contribution < -0.4 is 0 Å². The van der Waals surface area contributed by atoms with Crippen LogP contribution >= 0.6 is 0 Å². The number of aliphatic imine (C=N–C) groups is 2. The van der Waals surface area contributed by atoms with Crippen molar-refractivity contribution in [3.63, 3.8) is 0 Å². The summed E-state index contributed by atoms with van der Waals surface area (Å²) in [6.45, 7) is 2.13. The zero-order valence-corrected chi connectivity index (χ0v) is 6.49. The molecule has 1 aliphatic carbocycles. The number of allylic oxidation sites excluding steroid dienone is 2. The Morgan fingerprint density at radius 2 is 2.36 bits per heavy atom.